The predicted molar refractivity (Wildman–Crippen MR) is 57.6 cm³/mol. The molecule has 0 amide bonds. The summed E-state index contributed by atoms with van der Waals surface area (Å²) in [5.74, 6) is 1.59. The van der Waals surface area contributed by atoms with Crippen molar-refractivity contribution in [1.82, 2.24) is 0 Å². The van der Waals surface area contributed by atoms with Crippen LogP contribution in [-0.2, 0) is 6.42 Å². The Morgan fingerprint density at radius 3 is 2.93 bits per heavy atom. The molecule has 80 valence electrons. The van der Waals surface area contributed by atoms with Crippen LogP contribution in [0.4, 0.5) is 0 Å². The minimum Gasteiger partial charge on any atom is -0.508 e. The molecule has 1 N–H and O–H groups in total. The summed E-state index contributed by atoms with van der Waals surface area (Å²) >= 11 is 0. The molecule has 15 heavy (non-hydrogen) atoms. The van der Waals surface area contributed by atoms with Gasteiger partial charge in [0.05, 0.1) is 7.11 Å². The van der Waals surface area contributed by atoms with Gasteiger partial charge in [-0.15, -0.1) is 0 Å². The minimum absolute atomic E-state index is 0.261. The molecule has 1 heterocycles. The average molecular weight is 206 g/mol. The van der Waals surface area contributed by atoms with Crippen LogP contribution in [0.2, 0.25) is 0 Å². The minimum atomic E-state index is 0.261. The van der Waals surface area contributed by atoms with E-state index in [0.29, 0.717) is 24.5 Å². The molecule has 3 nitrogen and oxygen atoms in total. The lowest BCUT2D eigenvalue weighted by atomic mass is 10.1. The van der Waals surface area contributed by atoms with Crippen LogP contribution in [0.1, 0.15) is 12.5 Å². The average Bonchev–Trinajstić information content (AvgIpc) is 2.43. The Kier molecular flexibility index (Phi) is 2.54. The number of hydrogen-bond donors (Lipinski definition) is 1. The zero-order valence-electron chi connectivity index (χ0n) is 8.91. The first-order valence-electron chi connectivity index (χ1n) is 4.89. The third-order valence-corrected chi connectivity index (χ3v) is 2.52. The van der Waals surface area contributed by atoms with Crippen LogP contribution in [-0.4, -0.2) is 18.8 Å². The fourth-order valence-electron chi connectivity index (χ4n) is 1.63. The van der Waals surface area contributed by atoms with E-state index in [-0.39, 0.29) is 5.75 Å². The summed E-state index contributed by atoms with van der Waals surface area (Å²) in [6.45, 7) is 2.56. The molecule has 3 heteroatoms. The number of fused-ring (bicyclic) bond motifs is 1. The molecule has 1 aromatic carbocycles. The van der Waals surface area contributed by atoms with E-state index in [0.717, 1.165) is 11.1 Å². The standard InChI is InChI=1S/C12H14O3/c1-8-3-4-9-10(13)5-6-11(14-2)12(9)15-7-8/h3,5-6,13H,4,7H2,1-2H3. The van der Waals surface area contributed by atoms with E-state index >= 15 is 0 Å². The summed E-state index contributed by atoms with van der Waals surface area (Å²) in [5.41, 5.74) is 1.96. The molecular formula is C12H14O3. The molecule has 0 radical (unpaired) electrons. The fraction of sp³-hybridized carbons (Fsp3) is 0.333. The largest absolute Gasteiger partial charge is 0.508 e. The van der Waals surface area contributed by atoms with E-state index in [1.807, 2.05) is 6.92 Å². The van der Waals surface area contributed by atoms with Gasteiger partial charge >= 0.3 is 0 Å². The first-order chi connectivity index (χ1) is 7.22. The van der Waals surface area contributed by atoms with Crippen molar-refractivity contribution in [3.8, 4) is 17.2 Å². The van der Waals surface area contributed by atoms with Gasteiger partial charge in [0.2, 0.25) is 0 Å². The summed E-state index contributed by atoms with van der Waals surface area (Å²) in [6.07, 6.45) is 2.75. The van der Waals surface area contributed by atoms with Gasteiger partial charge < -0.3 is 14.6 Å². The van der Waals surface area contributed by atoms with Gasteiger partial charge in [-0.2, -0.15) is 0 Å². The van der Waals surface area contributed by atoms with E-state index in [1.165, 1.54) is 0 Å². The van der Waals surface area contributed by atoms with Crippen LogP contribution in [0.15, 0.2) is 23.8 Å². The molecule has 1 aliphatic rings. The first-order valence-corrected chi connectivity index (χ1v) is 4.89. The Balaban J connectivity index is 2.50. The molecule has 0 aliphatic carbocycles. The summed E-state index contributed by atoms with van der Waals surface area (Å²) in [4.78, 5) is 0. The van der Waals surface area contributed by atoms with E-state index in [2.05, 4.69) is 6.08 Å². The number of rotatable bonds is 1. The van der Waals surface area contributed by atoms with E-state index in [1.54, 1.807) is 19.2 Å². The molecule has 0 fully saturated rings. The van der Waals surface area contributed by atoms with Crippen molar-refractivity contribution in [3.63, 3.8) is 0 Å². The van der Waals surface area contributed by atoms with Crippen molar-refractivity contribution in [2.24, 2.45) is 0 Å². The van der Waals surface area contributed by atoms with Crippen LogP contribution in [0.25, 0.3) is 0 Å². The van der Waals surface area contributed by atoms with E-state index in [9.17, 15) is 5.11 Å². The number of benzene rings is 1. The maximum atomic E-state index is 9.72. The number of phenols is 1. The molecule has 0 saturated carbocycles. The molecule has 1 aromatic rings. The van der Waals surface area contributed by atoms with Crippen LogP contribution >= 0.6 is 0 Å². The second-order valence-corrected chi connectivity index (χ2v) is 3.64. The Labute approximate surface area is 88.9 Å². The van der Waals surface area contributed by atoms with Crippen molar-refractivity contribution in [1.29, 1.82) is 0 Å². The quantitative estimate of drug-likeness (QED) is 0.716. The molecule has 0 saturated heterocycles. The highest BCUT2D eigenvalue weighted by molar-refractivity contribution is 5.55. The number of aromatic hydroxyl groups is 1. The van der Waals surface area contributed by atoms with Crippen molar-refractivity contribution in [3.05, 3.63) is 29.3 Å². The van der Waals surface area contributed by atoms with Gasteiger partial charge in [0.15, 0.2) is 11.5 Å². The lowest BCUT2D eigenvalue weighted by molar-refractivity contribution is 0.316. The van der Waals surface area contributed by atoms with Gasteiger partial charge in [-0.3, -0.25) is 0 Å². The number of methoxy groups -OCH3 is 1. The first kappa shape index (κ1) is 9.90. The third-order valence-electron chi connectivity index (χ3n) is 2.52. The molecule has 2 rings (SSSR count). The zero-order chi connectivity index (χ0) is 10.8. The highest BCUT2D eigenvalue weighted by atomic mass is 16.5. The smallest absolute Gasteiger partial charge is 0.168 e. The zero-order valence-corrected chi connectivity index (χ0v) is 8.91. The maximum Gasteiger partial charge on any atom is 0.168 e. The fourth-order valence-corrected chi connectivity index (χ4v) is 1.63. The summed E-state index contributed by atoms with van der Waals surface area (Å²) < 4.78 is 10.8. The monoisotopic (exact) mass is 206 g/mol. The van der Waals surface area contributed by atoms with Crippen LogP contribution in [0.3, 0.4) is 0 Å². The van der Waals surface area contributed by atoms with Gasteiger partial charge in [0.25, 0.3) is 0 Å². The molecule has 0 unspecified atom stereocenters. The van der Waals surface area contributed by atoms with Crippen molar-refractivity contribution in [2.45, 2.75) is 13.3 Å². The summed E-state index contributed by atoms with van der Waals surface area (Å²) in [7, 11) is 1.60. The Hall–Kier alpha value is -1.64. The van der Waals surface area contributed by atoms with Crippen molar-refractivity contribution < 1.29 is 14.6 Å². The molecule has 0 aromatic heterocycles. The molecule has 0 atom stereocenters. The number of phenolic OH excluding ortho intramolecular Hbond substituents is 1. The highest BCUT2D eigenvalue weighted by Gasteiger charge is 2.16. The maximum absolute atomic E-state index is 9.72. The predicted octanol–water partition coefficient (Wildman–Crippen LogP) is 2.28. The summed E-state index contributed by atoms with van der Waals surface area (Å²) in [6, 6.07) is 3.35. The second kappa shape index (κ2) is 3.85. The Bertz CT molecular complexity index is 408. The van der Waals surface area contributed by atoms with Gasteiger partial charge in [0.1, 0.15) is 12.4 Å². The summed E-state index contributed by atoms with van der Waals surface area (Å²) in [5, 5.41) is 9.72. The molecule has 0 bridgehead atoms. The van der Waals surface area contributed by atoms with Crippen LogP contribution < -0.4 is 9.47 Å². The third kappa shape index (κ3) is 1.77. The Morgan fingerprint density at radius 1 is 1.40 bits per heavy atom. The van der Waals surface area contributed by atoms with Gasteiger partial charge in [0, 0.05) is 5.56 Å². The van der Waals surface area contributed by atoms with E-state index < -0.39 is 0 Å². The molecule has 0 spiro atoms. The lowest BCUT2D eigenvalue weighted by Gasteiger charge is -2.13. The Morgan fingerprint density at radius 2 is 2.20 bits per heavy atom. The van der Waals surface area contributed by atoms with Gasteiger partial charge in [-0.25, -0.2) is 0 Å². The number of hydrogen-bond acceptors (Lipinski definition) is 3. The van der Waals surface area contributed by atoms with Crippen LogP contribution in [0.5, 0.6) is 17.2 Å². The van der Waals surface area contributed by atoms with E-state index in [4.69, 9.17) is 9.47 Å². The lowest BCUT2D eigenvalue weighted by Crippen LogP contribution is -2.00. The number of ether oxygens (including phenoxy) is 2. The molecule has 1 aliphatic heterocycles. The van der Waals surface area contributed by atoms with Crippen LogP contribution in [0, 0.1) is 0 Å². The highest BCUT2D eigenvalue weighted by Crippen LogP contribution is 2.38. The second-order valence-electron chi connectivity index (χ2n) is 3.64. The topological polar surface area (TPSA) is 38.7 Å². The van der Waals surface area contributed by atoms with Crippen molar-refractivity contribution >= 4 is 0 Å². The SMILES string of the molecule is COc1ccc(O)c2c1OCC(C)=CC2. The normalized spacial score (nSPS) is 14.7. The number of allylic oxidation sites excluding steroid dienone is 1. The van der Waals surface area contributed by atoms with Crippen molar-refractivity contribution in [2.75, 3.05) is 13.7 Å². The molecular weight excluding hydrogens is 192 g/mol. The van der Waals surface area contributed by atoms with Gasteiger partial charge in [-0.05, 0) is 31.1 Å². The van der Waals surface area contributed by atoms with Gasteiger partial charge in [-0.1, -0.05) is 6.08 Å².